The Morgan fingerprint density at radius 3 is 3.06 bits per heavy atom. The molecule has 1 aliphatic carbocycles. The van der Waals surface area contributed by atoms with Crippen LogP contribution >= 0.6 is 0 Å². The first-order valence-corrected chi connectivity index (χ1v) is 5.85. The van der Waals surface area contributed by atoms with Crippen molar-refractivity contribution in [1.29, 1.82) is 0 Å². The Hall–Kier alpha value is -1.60. The third-order valence-corrected chi connectivity index (χ3v) is 3.14. The van der Waals surface area contributed by atoms with E-state index in [1.165, 1.54) is 24.0 Å². The van der Waals surface area contributed by atoms with Gasteiger partial charge in [0.05, 0.1) is 5.56 Å². The van der Waals surface area contributed by atoms with Gasteiger partial charge in [-0.15, -0.1) is 0 Å². The molecule has 0 saturated heterocycles. The van der Waals surface area contributed by atoms with Gasteiger partial charge in [0.1, 0.15) is 5.56 Å². The van der Waals surface area contributed by atoms with Crippen molar-refractivity contribution in [3.05, 3.63) is 51.8 Å². The van der Waals surface area contributed by atoms with Gasteiger partial charge in [-0.1, -0.05) is 5.11 Å². The number of nitrogens with zero attached hydrogens (tertiary/aromatic N) is 3. The van der Waals surface area contributed by atoms with E-state index in [0.29, 0.717) is 6.54 Å². The second kappa shape index (κ2) is 5.47. The molecular formula is C13H16N3+. The summed E-state index contributed by atoms with van der Waals surface area (Å²) >= 11 is 0. The first-order chi connectivity index (χ1) is 7.92. The zero-order valence-corrected chi connectivity index (χ0v) is 9.39. The zero-order valence-electron chi connectivity index (χ0n) is 9.39. The first kappa shape index (κ1) is 10.9. The van der Waals surface area contributed by atoms with Crippen molar-refractivity contribution in [2.24, 2.45) is 5.11 Å². The van der Waals surface area contributed by atoms with Gasteiger partial charge in [0.15, 0.2) is 0 Å². The van der Waals surface area contributed by atoms with Crippen molar-refractivity contribution in [2.75, 3.05) is 6.54 Å². The van der Waals surface area contributed by atoms with Crippen LogP contribution in [0.3, 0.4) is 0 Å². The van der Waals surface area contributed by atoms with E-state index < -0.39 is 0 Å². The number of fused-ring (bicyclic) bond motifs is 1. The maximum atomic E-state index is 8.16. The summed E-state index contributed by atoms with van der Waals surface area (Å²) in [5.74, 6) is 1.58. The summed E-state index contributed by atoms with van der Waals surface area (Å²) in [5, 5.41) is 3.55. The van der Waals surface area contributed by atoms with Crippen molar-refractivity contribution >= 4 is 0 Å². The van der Waals surface area contributed by atoms with Crippen molar-refractivity contribution in [3.63, 3.8) is 0 Å². The van der Waals surface area contributed by atoms with Crippen LogP contribution in [0.2, 0.25) is 0 Å². The lowest BCUT2D eigenvalue weighted by Gasteiger charge is -2.03. The van der Waals surface area contributed by atoms with Crippen molar-refractivity contribution < 1.29 is 0 Å². The van der Waals surface area contributed by atoms with Crippen LogP contribution in [0.4, 0.5) is 0 Å². The van der Waals surface area contributed by atoms with Gasteiger partial charge in [0.25, 0.3) is 0 Å². The lowest BCUT2D eigenvalue weighted by molar-refractivity contribution is 0.686. The lowest BCUT2D eigenvalue weighted by atomic mass is 9.95. The molecule has 2 rings (SSSR count). The molecule has 0 aromatic heterocycles. The fraction of sp³-hybridized carbons (Fsp3) is 0.462. The fourth-order valence-electron chi connectivity index (χ4n) is 2.33. The number of hydrogen-bond donors (Lipinski definition) is 0. The van der Waals surface area contributed by atoms with Crippen LogP contribution in [-0.2, 0) is 6.42 Å². The van der Waals surface area contributed by atoms with E-state index in [1.54, 1.807) is 5.92 Å². The molecule has 1 aliphatic rings. The Balaban J connectivity index is 1.82. The lowest BCUT2D eigenvalue weighted by Crippen LogP contribution is -1.95. The minimum absolute atomic E-state index is 0.630. The molecule has 3 nitrogen and oxygen atoms in total. The van der Waals surface area contributed by atoms with Gasteiger partial charge in [-0.3, -0.25) is 0 Å². The smallest absolute Gasteiger partial charge is 0.0940 e. The molecule has 0 fully saturated rings. The summed E-state index contributed by atoms with van der Waals surface area (Å²) in [6.45, 7) is 0.630. The third kappa shape index (κ3) is 2.50. The highest BCUT2D eigenvalue weighted by molar-refractivity contribution is 5.43. The number of aryl methyl sites for hydroxylation is 1. The van der Waals surface area contributed by atoms with E-state index in [2.05, 4.69) is 34.3 Å². The van der Waals surface area contributed by atoms with Crippen LogP contribution in [0.25, 0.3) is 10.4 Å². The molecule has 3 heteroatoms. The molecular weight excluding hydrogens is 198 g/mol. The average molecular weight is 214 g/mol. The largest absolute Gasteiger partial charge is 0.135 e. The minimum Gasteiger partial charge on any atom is -0.0940 e. The summed E-state index contributed by atoms with van der Waals surface area (Å²) in [5.41, 5.74) is 11.1. The molecule has 0 bridgehead atoms. The van der Waals surface area contributed by atoms with Gasteiger partial charge in [-0.2, -0.15) is 0 Å². The van der Waals surface area contributed by atoms with Crippen LogP contribution in [0.5, 0.6) is 0 Å². The topological polar surface area (TPSA) is 48.8 Å². The molecule has 0 N–H and O–H groups in total. The standard InChI is InChI=1S/C13H16N3/c14-16-15-10-4-3-6-12-9-8-11-5-1-2-7-13(11)12/h1-2,5,7H,3-4,6,8-10H2/q+1. The van der Waals surface area contributed by atoms with Gasteiger partial charge >= 0.3 is 0 Å². The van der Waals surface area contributed by atoms with Gasteiger partial charge in [0.2, 0.25) is 0 Å². The molecule has 0 saturated carbocycles. The van der Waals surface area contributed by atoms with Crippen LogP contribution in [-0.4, -0.2) is 6.54 Å². The molecule has 0 atom stereocenters. The summed E-state index contributed by atoms with van der Waals surface area (Å²) < 4.78 is 0. The van der Waals surface area contributed by atoms with Gasteiger partial charge in [-0.25, -0.2) is 0 Å². The normalized spacial score (nSPS) is 13.4. The number of benzene rings is 1. The summed E-state index contributed by atoms with van der Waals surface area (Å²) in [7, 11) is 0. The minimum atomic E-state index is 0.630. The predicted octanol–water partition coefficient (Wildman–Crippen LogP) is 4.04. The molecule has 0 spiro atoms. The number of unbranched alkanes of at least 4 members (excludes halogenated alkanes) is 1. The van der Waals surface area contributed by atoms with Crippen LogP contribution in [0, 0.1) is 5.92 Å². The second-order valence-corrected chi connectivity index (χ2v) is 4.17. The zero-order chi connectivity index (χ0) is 11.2. The number of rotatable bonds is 5. The van der Waals surface area contributed by atoms with E-state index in [9.17, 15) is 0 Å². The summed E-state index contributed by atoms with van der Waals surface area (Å²) in [4.78, 5) is 2.76. The highest BCUT2D eigenvalue weighted by Gasteiger charge is 2.29. The van der Waals surface area contributed by atoms with Gasteiger partial charge in [0, 0.05) is 42.7 Å². The molecule has 1 aromatic carbocycles. The molecule has 1 aromatic rings. The van der Waals surface area contributed by atoms with Gasteiger partial charge < -0.3 is 0 Å². The Kier molecular flexibility index (Phi) is 3.73. The van der Waals surface area contributed by atoms with Crippen LogP contribution in [0.1, 0.15) is 36.8 Å². The van der Waals surface area contributed by atoms with Crippen molar-refractivity contribution in [2.45, 2.75) is 32.1 Å². The number of hydrogen-bond acceptors (Lipinski definition) is 1. The highest BCUT2D eigenvalue weighted by atomic mass is 15.1. The molecule has 0 aliphatic heterocycles. The summed E-state index contributed by atoms with van der Waals surface area (Å²) in [6.07, 6.45) is 5.68. The molecule has 0 radical (unpaired) electrons. The average Bonchev–Trinajstić information content (AvgIpc) is 2.73. The molecule has 82 valence electrons. The Bertz CT molecular complexity index is 394. The quantitative estimate of drug-likeness (QED) is 0.233. The monoisotopic (exact) mass is 214 g/mol. The SMILES string of the molecule is [N-]=[N+]=NCCCC[C+]1CCc2ccccc21. The Labute approximate surface area is 96.1 Å². The number of azide groups is 1. The Morgan fingerprint density at radius 1 is 1.31 bits per heavy atom. The van der Waals surface area contributed by atoms with Crippen molar-refractivity contribution in [1.82, 2.24) is 0 Å². The predicted molar refractivity (Wildman–Crippen MR) is 65.0 cm³/mol. The highest BCUT2D eigenvalue weighted by Crippen LogP contribution is 2.35. The maximum Gasteiger partial charge on any atom is 0.135 e. The third-order valence-electron chi connectivity index (χ3n) is 3.14. The van der Waals surface area contributed by atoms with E-state index in [1.807, 2.05) is 0 Å². The second-order valence-electron chi connectivity index (χ2n) is 4.17. The van der Waals surface area contributed by atoms with E-state index in [-0.39, 0.29) is 0 Å². The van der Waals surface area contributed by atoms with Crippen LogP contribution < -0.4 is 0 Å². The molecule has 0 unspecified atom stereocenters. The molecule has 0 amide bonds. The van der Waals surface area contributed by atoms with E-state index in [0.717, 1.165) is 19.3 Å². The van der Waals surface area contributed by atoms with Crippen molar-refractivity contribution in [3.8, 4) is 0 Å². The van der Waals surface area contributed by atoms with E-state index in [4.69, 9.17) is 5.53 Å². The Morgan fingerprint density at radius 2 is 2.19 bits per heavy atom. The molecule has 0 heterocycles. The van der Waals surface area contributed by atoms with Crippen LogP contribution in [0.15, 0.2) is 29.4 Å². The molecule has 16 heavy (non-hydrogen) atoms. The van der Waals surface area contributed by atoms with Gasteiger partial charge in [-0.05, 0) is 36.6 Å². The first-order valence-electron chi connectivity index (χ1n) is 5.85. The maximum absolute atomic E-state index is 8.16. The van der Waals surface area contributed by atoms with E-state index >= 15 is 0 Å². The summed E-state index contributed by atoms with van der Waals surface area (Å²) in [6, 6.07) is 8.68. The fourth-order valence-corrected chi connectivity index (χ4v) is 2.33.